The van der Waals surface area contributed by atoms with Crippen LogP contribution in [0.3, 0.4) is 0 Å². The number of halogens is 1. The fourth-order valence-electron chi connectivity index (χ4n) is 1.50. The number of ether oxygens (including phenoxy) is 1. The van der Waals surface area contributed by atoms with Crippen molar-refractivity contribution in [3.8, 4) is 0 Å². The molecule has 7 heteroatoms. The van der Waals surface area contributed by atoms with Gasteiger partial charge >= 0.3 is 6.09 Å². The van der Waals surface area contributed by atoms with E-state index in [1.165, 1.54) is 6.07 Å². The Hall–Kier alpha value is -1.82. The third-order valence-corrected chi connectivity index (χ3v) is 2.18. The number of nitro groups is 1. The molecule has 0 bridgehead atoms. The molecule has 1 aromatic carbocycles. The SMILES string of the molecule is Cl.O=C1N[C@@H](c2ccccc2[N+](=O)[O-])CO1. The fraction of sp³-hybridized carbons (Fsp3) is 0.222. The number of rotatable bonds is 2. The molecule has 0 radical (unpaired) electrons. The minimum absolute atomic E-state index is 0. The third kappa shape index (κ3) is 2.22. The number of hydrogen-bond acceptors (Lipinski definition) is 4. The zero-order valence-corrected chi connectivity index (χ0v) is 8.90. The first-order valence-electron chi connectivity index (χ1n) is 4.35. The van der Waals surface area contributed by atoms with Gasteiger partial charge in [0.15, 0.2) is 0 Å². The van der Waals surface area contributed by atoms with Crippen LogP contribution in [0, 0.1) is 10.1 Å². The summed E-state index contributed by atoms with van der Waals surface area (Å²) in [5.41, 5.74) is 0.460. The van der Waals surface area contributed by atoms with Crippen molar-refractivity contribution in [2.45, 2.75) is 6.04 Å². The summed E-state index contributed by atoms with van der Waals surface area (Å²) in [6, 6.07) is 5.85. The van der Waals surface area contributed by atoms with Gasteiger partial charge in [0.05, 0.1) is 16.5 Å². The molecule has 0 spiro atoms. The summed E-state index contributed by atoms with van der Waals surface area (Å²) in [6.07, 6.45) is -0.543. The van der Waals surface area contributed by atoms with Crippen LogP contribution in [0.2, 0.25) is 0 Å². The molecule has 1 fully saturated rings. The quantitative estimate of drug-likeness (QED) is 0.635. The Bertz CT molecular complexity index is 424. The smallest absolute Gasteiger partial charge is 0.407 e. The summed E-state index contributed by atoms with van der Waals surface area (Å²) in [5, 5.41) is 13.2. The van der Waals surface area contributed by atoms with Gasteiger partial charge in [0.1, 0.15) is 6.61 Å². The fourth-order valence-corrected chi connectivity index (χ4v) is 1.50. The Balaban J connectivity index is 0.00000128. The van der Waals surface area contributed by atoms with Gasteiger partial charge in [-0.3, -0.25) is 10.1 Å². The molecule has 1 saturated heterocycles. The van der Waals surface area contributed by atoms with Crippen LogP contribution in [0.5, 0.6) is 0 Å². The van der Waals surface area contributed by atoms with Crippen LogP contribution in [0.1, 0.15) is 11.6 Å². The van der Waals surface area contributed by atoms with Gasteiger partial charge in [-0.2, -0.15) is 0 Å². The first-order valence-corrected chi connectivity index (χ1v) is 4.35. The minimum Gasteiger partial charge on any atom is -0.447 e. The monoisotopic (exact) mass is 244 g/mol. The largest absolute Gasteiger partial charge is 0.447 e. The van der Waals surface area contributed by atoms with Crippen LogP contribution in [0.4, 0.5) is 10.5 Å². The molecule has 1 aliphatic rings. The average Bonchev–Trinajstić information content (AvgIpc) is 2.65. The van der Waals surface area contributed by atoms with Crippen molar-refractivity contribution >= 4 is 24.2 Å². The van der Waals surface area contributed by atoms with E-state index in [4.69, 9.17) is 0 Å². The molecule has 16 heavy (non-hydrogen) atoms. The molecule has 0 unspecified atom stereocenters. The maximum Gasteiger partial charge on any atom is 0.407 e. The predicted molar refractivity (Wildman–Crippen MR) is 57.6 cm³/mol. The van der Waals surface area contributed by atoms with Gasteiger partial charge in [0, 0.05) is 6.07 Å². The molecule has 6 nitrogen and oxygen atoms in total. The van der Waals surface area contributed by atoms with E-state index in [9.17, 15) is 14.9 Å². The normalized spacial score (nSPS) is 18.2. The average molecular weight is 245 g/mol. The molecule has 1 N–H and O–H groups in total. The molecular weight excluding hydrogens is 236 g/mol. The van der Waals surface area contributed by atoms with Crippen LogP contribution in [-0.2, 0) is 4.74 Å². The van der Waals surface area contributed by atoms with E-state index in [1.54, 1.807) is 18.2 Å². The summed E-state index contributed by atoms with van der Waals surface area (Å²) in [6.45, 7) is 0.129. The highest BCUT2D eigenvalue weighted by molar-refractivity contribution is 5.85. The molecule has 2 rings (SSSR count). The van der Waals surface area contributed by atoms with Gasteiger partial charge in [-0.15, -0.1) is 12.4 Å². The van der Waals surface area contributed by atoms with Crippen molar-refractivity contribution in [2.24, 2.45) is 0 Å². The molecule has 1 atom stereocenters. The van der Waals surface area contributed by atoms with E-state index in [0.717, 1.165) is 0 Å². The molecule has 86 valence electrons. The number of carbonyl (C=O) groups is 1. The van der Waals surface area contributed by atoms with Gasteiger partial charge in [-0.1, -0.05) is 12.1 Å². The molecule has 1 amide bonds. The van der Waals surface area contributed by atoms with Crippen LogP contribution in [-0.4, -0.2) is 17.6 Å². The van der Waals surface area contributed by atoms with Gasteiger partial charge < -0.3 is 10.1 Å². The second kappa shape index (κ2) is 4.80. The zero-order chi connectivity index (χ0) is 10.8. The molecule has 0 aromatic heterocycles. The van der Waals surface area contributed by atoms with Crippen LogP contribution < -0.4 is 5.32 Å². The highest BCUT2D eigenvalue weighted by atomic mass is 35.5. The zero-order valence-electron chi connectivity index (χ0n) is 8.08. The van der Waals surface area contributed by atoms with Crippen molar-refractivity contribution in [3.63, 3.8) is 0 Å². The van der Waals surface area contributed by atoms with E-state index in [1.807, 2.05) is 0 Å². The van der Waals surface area contributed by atoms with Crippen molar-refractivity contribution in [3.05, 3.63) is 39.9 Å². The van der Waals surface area contributed by atoms with Crippen LogP contribution in [0.25, 0.3) is 0 Å². The number of alkyl carbamates (subject to hydrolysis) is 1. The Morgan fingerprint density at radius 1 is 1.44 bits per heavy atom. The number of para-hydroxylation sites is 1. The maximum atomic E-state index is 10.8. The van der Waals surface area contributed by atoms with Crippen molar-refractivity contribution < 1.29 is 14.5 Å². The van der Waals surface area contributed by atoms with Crippen molar-refractivity contribution in [2.75, 3.05) is 6.61 Å². The lowest BCUT2D eigenvalue weighted by molar-refractivity contribution is -0.385. The molecule has 0 saturated carbocycles. The lowest BCUT2D eigenvalue weighted by atomic mass is 10.1. The van der Waals surface area contributed by atoms with Crippen molar-refractivity contribution in [1.82, 2.24) is 5.32 Å². The number of nitrogens with zero attached hydrogens (tertiary/aromatic N) is 1. The van der Waals surface area contributed by atoms with E-state index >= 15 is 0 Å². The predicted octanol–water partition coefficient (Wildman–Crippen LogP) is 1.80. The van der Waals surface area contributed by atoms with Gasteiger partial charge in [-0.05, 0) is 6.07 Å². The van der Waals surface area contributed by atoms with Crippen LogP contribution >= 0.6 is 12.4 Å². The number of carbonyl (C=O) groups excluding carboxylic acids is 1. The molecule has 1 aliphatic heterocycles. The molecule has 1 aromatic rings. The summed E-state index contributed by atoms with van der Waals surface area (Å²) < 4.78 is 4.68. The summed E-state index contributed by atoms with van der Waals surface area (Å²) >= 11 is 0. The molecule has 0 aliphatic carbocycles. The lowest BCUT2D eigenvalue weighted by Crippen LogP contribution is -2.19. The number of hydrogen-bond donors (Lipinski definition) is 1. The number of nitro benzene ring substituents is 1. The van der Waals surface area contributed by atoms with E-state index in [0.29, 0.717) is 5.56 Å². The van der Waals surface area contributed by atoms with Gasteiger partial charge in [-0.25, -0.2) is 4.79 Å². The Kier molecular flexibility index (Phi) is 3.68. The molecule has 1 heterocycles. The number of benzene rings is 1. The summed E-state index contributed by atoms with van der Waals surface area (Å²) in [5.74, 6) is 0. The highest BCUT2D eigenvalue weighted by Gasteiger charge is 2.29. The Morgan fingerprint density at radius 2 is 2.12 bits per heavy atom. The van der Waals surface area contributed by atoms with E-state index < -0.39 is 17.1 Å². The first kappa shape index (κ1) is 12.3. The lowest BCUT2D eigenvalue weighted by Gasteiger charge is -2.07. The second-order valence-electron chi connectivity index (χ2n) is 3.11. The van der Waals surface area contributed by atoms with E-state index in [-0.39, 0.29) is 24.7 Å². The Morgan fingerprint density at radius 3 is 2.69 bits per heavy atom. The highest BCUT2D eigenvalue weighted by Crippen LogP contribution is 2.26. The standard InChI is InChI=1S/C9H8N2O4.ClH/c12-9-10-7(5-15-9)6-3-1-2-4-8(6)11(13)14;/h1-4,7H,5H2,(H,10,12);1H/t7-;/m1./s1. The minimum atomic E-state index is -0.543. The summed E-state index contributed by atoms with van der Waals surface area (Å²) in [4.78, 5) is 21.0. The topological polar surface area (TPSA) is 81.5 Å². The second-order valence-corrected chi connectivity index (χ2v) is 3.11. The number of amides is 1. The third-order valence-electron chi connectivity index (χ3n) is 2.18. The summed E-state index contributed by atoms with van der Waals surface area (Å²) in [7, 11) is 0. The Labute approximate surface area is 97.2 Å². The first-order chi connectivity index (χ1) is 7.18. The van der Waals surface area contributed by atoms with E-state index in [2.05, 4.69) is 10.1 Å². The maximum absolute atomic E-state index is 10.8. The van der Waals surface area contributed by atoms with Crippen molar-refractivity contribution in [1.29, 1.82) is 0 Å². The molecular formula is C9H9ClN2O4. The van der Waals surface area contributed by atoms with Gasteiger partial charge in [0.2, 0.25) is 0 Å². The number of cyclic esters (lactones) is 1. The number of nitrogens with one attached hydrogen (secondary N) is 1. The van der Waals surface area contributed by atoms with Crippen LogP contribution in [0.15, 0.2) is 24.3 Å². The van der Waals surface area contributed by atoms with Gasteiger partial charge in [0.25, 0.3) is 5.69 Å².